The van der Waals surface area contributed by atoms with Gasteiger partial charge >= 0.3 is 0 Å². The molecule has 6 nitrogen and oxygen atoms in total. The summed E-state index contributed by atoms with van der Waals surface area (Å²) in [6.07, 6.45) is 0. The molecule has 0 saturated carbocycles. The normalized spacial score (nSPS) is 11.7. The van der Waals surface area contributed by atoms with Crippen molar-refractivity contribution in [2.45, 2.75) is 0 Å². The zero-order valence-electron chi connectivity index (χ0n) is 70.8. The molecule has 608 valence electrons. The molecule has 0 atom stereocenters. The average molecular weight is 1660 g/mol. The first-order chi connectivity index (χ1) is 64.5. The Kier molecular flexibility index (Phi) is 18.2. The molecular weight excluding hydrogens is 1580 g/mol. The van der Waals surface area contributed by atoms with Crippen LogP contribution in [-0.4, -0.2) is 9.13 Å². The van der Waals surface area contributed by atoms with Crippen molar-refractivity contribution in [2.75, 3.05) is 9.80 Å². The predicted molar refractivity (Wildman–Crippen MR) is 545 cm³/mol. The molecule has 25 rings (SSSR count). The van der Waals surface area contributed by atoms with Gasteiger partial charge in [-0.05, 0) is 210 Å². The van der Waals surface area contributed by atoms with Crippen molar-refractivity contribution in [3.05, 3.63) is 485 Å². The van der Waals surface area contributed by atoms with Crippen LogP contribution >= 0.6 is 0 Å². The Labute approximate surface area is 751 Å². The monoisotopic (exact) mass is 1660 g/mol. The van der Waals surface area contributed by atoms with Crippen LogP contribution in [-0.2, 0) is 0 Å². The van der Waals surface area contributed by atoms with E-state index in [1.807, 2.05) is 12.1 Å². The summed E-state index contributed by atoms with van der Waals surface area (Å²) >= 11 is 0. The number of para-hydroxylation sites is 10. The zero-order chi connectivity index (χ0) is 85.7. The molecule has 0 spiro atoms. The first-order valence-electron chi connectivity index (χ1n) is 44.5. The quantitative estimate of drug-likeness (QED) is 0.0911. The van der Waals surface area contributed by atoms with Gasteiger partial charge in [-0.15, -0.1) is 0 Å². The summed E-state index contributed by atoms with van der Waals surface area (Å²) in [6, 6.07) is 177. The SMILES string of the molecule is c1cc(-c2ccc(N(c3ccc(-c4cccc5c4oc4ccccc45)cc3)c3cccc(-c4ccc(-c5ccccc5-n5c6ccccc6c6ccccc65)cc4)c3)cc2)cc(-c2cccc3oc4c(-c5ccc(N(c6cccc(-c7ccc(-c8ccccc8-n8c9ccccc9c9ccccc98)cc7)c6)c6ccccc6-c6ccc7ccccc7c6)cc5)cccc4c23)c1. The first kappa shape index (κ1) is 75.2. The third-order valence-corrected chi connectivity index (χ3v) is 26.4. The molecule has 0 bridgehead atoms. The smallest absolute Gasteiger partial charge is 0.143 e. The van der Waals surface area contributed by atoms with Crippen LogP contribution in [0.25, 0.3) is 210 Å². The molecule has 0 aliphatic carbocycles. The number of hydrogen-bond acceptors (Lipinski definition) is 4. The van der Waals surface area contributed by atoms with Crippen molar-refractivity contribution in [3.63, 3.8) is 0 Å². The summed E-state index contributed by atoms with van der Waals surface area (Å²) in [7, 11) is 0. The number of benzene rings is 21. The molecule has 0 N–H and O–H groups in total. The van der Waals surface area contributed by atoms with E-state index in [1.165, 1.54) is 65.5 Å². The highest BCUT2D eigenvalue weighted by Gasteiger charge is 2.25. The van der Waals surface area contributed by atoms with Gasteiger partial charge in [0.15, 0.2) is 0 Å². The van der Waals surface area contributed by atoms with Gasteiger partial charge in [0.1, 0.15) is 22.3 Å². The van der Waals surface area contributed by atoms with Gasteiger partial charge in [-0.2, -0.15) is 0 Å². The van der Waals surface area contributed by atoms with E-state index >= 15 is 0 Å². The van der Waals surface area contributed by atoms with Crippen molar-refractivity contribution in [2.24, 2.45) is 0 Å². The summed E-state index contributed by atoms with van der Waals surface area (Å²) in [5, 5.41) is 11.7. The van der Waals surface area contributed by atoms with Crippen LogP contribution in [0.4, 0.5) is 34.1 Å². The number of fused-ring (bicyclic) bond motifs is 13. The summed E-state index contributed by atoms with van der Waals surface area (Å²) in [5.41, 5.74) is 36.7. The van der Waals surface area contributed by atoms with Gasteiger partial charge < -0.3 is 27.8 Å². The maximum absolute atomic E-state index is 7.10. The second kappa shape index (κ2) is 31.4. The van der Waals surface area contributed by atoms with Crippen LogP contribution in [0.5, 0.6) is 0 Å². The fourth-order valence-corrected chi connectivity index (χ4v) is 20.2. The van der Waals surface area contributed by atoms with Crippen molar-refractivity contribution < 1.29 is 8.83 Å². The molecule has 0 saturated heterocycles. The van der Waals surface area contributed by atoms with E-state index < -0.39 is 0 Å². The lowest BCUT2D eigenvalue weighted by Gasteiger charge is -2.28. The lowest BCUT2D eigenvalue weighted by molar-refractivity contribution is 0.669. The zero-order valence-corrected chi connectivity index (χ0v) is 70.8. The van der Waals surface area contributed by atoms with Crippen LogP contribution in [0.1, 0.15) is 0 Å². The Bertz CT molecular complexity index is 8620. The van der Waals surface area contributed by atoms with Crippen LogP contribution in [0.3, 0.4) is 0 Å². The third-order valence-electron chi connectivity index (χ3n) is 26.4. The summed E-state index contributed by atoms with van der Waals surface area (Å²) in [6.45, 7) is 0. The Hall–Kier alpha value is -17.3. The highest BCUT2D eigenvalue weighted by atomic mass is 16.3. The maximum Gasteiger partial charge on any atom is 0.143 e. The molecule has 130 heavy (non-hydrogen) atoms. The van der Waals surface area contributed by atoms with Gasteiger partial charge in [-0.3, -0.25) is 0 Å². The number of rotatable bonds is 17. The van der Waals surface area contributed by atoms with Gasteiger partial charge in [-0.1, -0.05) is 358 Å². The topological polar surface area (TPSA) is 42.6 Å². The van der Waals surface area contributed by atoms with Gasteiger partial charge in [0.05, 0.1) is 39.1 Å². The number of hydrogen-bond donors (Lipinski definition) is 0. The molecular formula is C124H80N4O2. The number of nitrogens with zero attached hydrogens (tertiary/aromatic N) is 4. The fraction of sp³-hybridized carbons (Fsp3) is 0. The standard InChI is InChI=1S/C124H80N4O2/c1-2-26-89-78-94(64-59-81(89)25-1)102-35-5-11-46-113(102)126(99-32-21-29-92(80-99)83-57-62-86(63-58-83)101-34-4-13-48-115(101)128-118-51-16-8-38-108(118)109-39-9-17-52-119(109)128)97-75-69-88(70-76-97)105-43-23-45-112-122-103(41-24-54-121(122)130-124(105)112)93-30-19-27-90(77-93)84-65-71-95(72-66-84)125(96-73-67-87(68-74-96)104-42-22-44-111-110-40-10-18-53-120(110)129-123(104)111)98-31-20-28-91(79-98)82-55-60-85(61-56-82)100-33-3-12-47-114(100)127-116-49-14-6-36-106(116)107-37-7-15-50-117(107)127/h1-80H. The van der Waals surface area contributed by atoms with E-state index in [0.717, 1.165) is 178 Å². The summed E-state index contributed by atoms with van der Waals surface area (Å²) in [5.74, 6) is 0. The minimum Gasteiger partial charge on any atom is -0.455 e. The highest BCUT2D eigenvalue weighted by Crippen LogP contribution is 2.49. The van der Waals surface area contributed by atoms with Crippen molar-refractivity contribution in [1.82, 2.24) is 9.13 Å². The van der Waals surface area contributed by atoms with Crippen molar-refractivity contribution >= 4 is 132 Å². The average Bonchev–Trinajstić information content (AvgIpc) is 1.59. The van der Waals surface area contributed by atoms with Gasteiger partial charge in [0, 0.05) is 99.3 Å². The summed E-state index contributed by atoms with van der Waals surface area (Å²) in [4.78, 5) is 4.79. The van der Waals surface area contributed by atoms with E-state index in [0.29, 0.717) is 0 Å². The van der Waals surface area contributed by atoms with E-state index in [1.54, 1.807) is 0 Å². The van der Waals surface area contributed by atoms with Gasteiger partial charge in [-0.25, -0.2) is 0 Å². The molecule has 0 aliphatic heterocycles. The van der Waals surface area contributed by atoms with Gasteiger partial charge in [0.25, 0.3) is 0 Å². The molecule has 0 amide bonds. The molecule has 0 unspecified atom stereocenters. The summed E-state index contributed by atoms with van der Waals surface area (Å²) < 4.78 is 18.5. The second-order valence-corrected chi connectivity index (χ2v) is 33.7. The molecule has 0 radical (unpaired) electrons. The van der Waals surface area contributed by atoms with Gasteiger partial charge in [0.2, 0.25) is 0 Å². The van der Waals surface area contributed by atoms with Crippen LogP contribution in [0.15, 0.2) is 494 Å². The minimum absolute atomic E-state index is 0.833. The molecule has 4 aromatic heterocycles. The van der Waals surface area contributed by atoms with Crippen molar-refractivity contribution in [1.29, 1.82) is 0 Å². The van der Waals surface area contributed by atoms with E-state index in [2.05, 4.69) is 492 Å². The molecule has 0 aliphatic rings. The molecule has 21 aromatic carbocycles. The number of aromatic nitrogens is 2. The lowest BCUT2D eigenvalue weighted by atomic mass is 9.95. The lowest BCUT2D eigenvalue weighted by Crippen LogP contribution is -2.11. The first-order valence-corrected chi connectivity index (χ1v) is 44.5. The molecule has 6 heteroatoms. The Morgan fingerprint density at radius 3 is 1.07 bits per heavy atom. The highest BCUT2D eigenvalue weighted by molar-refractivity contribution is 6.17. The van der Waals surface area contributed by atoms with Crippen LogP contribution < -0.4 is 9.80 Å². The second-order valence-electron chi connectivity index (χ2n) is 33.7. The maximum atomic E-state index is 7.10. The predicted octanol–water partition coefficient (Wildman–Crippen LogP) is 34.8. The number of furan rings is 2. The fourth-order valence-electron chi connectivity index (χ4n) is 20.2. The Morgan fingerprint density at radius 2 is 0.508 bits per heavy atom. The largest absolute Gasteiger partial charge is 0.455 e. The van der Waals surface area contributed by atoms with Crippen molar-refractivity contribution in [3.8, 4) is 112 Å². The van der Waals surface area contributed by atoms with Crippen LogP contribution in [0.2, 0.25) is 0 Å². The van der Waals surface area contributed by atoms with E-state index in [9.17, 15) is 0 Å². The Morgan fingerprint density at radius 1 is 0.169 bits per heavy atom. The molecule has 25 aromatic rings. The molecule has 4 heterocycles. The Balaban J connectivity index is 0.534. The minimum atomic E-state index is 0.833. The number of anilines is 6. The molecule has 0 fully saturated rings. The third kappa shape index (κ3) is 12.9. The van der Waals surface area contributed by atoms with E-state index in [-0.39, 0.29) is 0 Å². The van der Waals surface area contributed by atoms with Crippen LogP contribution in [0, 0.1) is 0 Å². The van der Waals surface area contributed by atoms with E-state index in [4.69, 9.17) is 8.83 Å².